The molecule has 1 aromatic rings. The summed E-state index contributed by atoms with van der Waals surface area (Å²) in [4.78, 5) is 6.90. The summed E-state index contributed by atoms with van der Waals surface area (Å²) in [6, 6.07) is 1.55. The summed E-state index contributed by atoms with van der Waals surface area (Å²) in [5, 5.41) is 3.72. The molecule has 2 saturated heterocycles. The first-order valence-corrected chi connectivity index (χ1v) is 7.33. The van der Waals surface area contributed by atoms with Crippen molar-refractivity contribution in [2.75, 3.05) is 13.1 Å². The van der Waals surface area contributed by atoms with Gasteiger partial charge in [-0.25, -0.2) is 4.98 Å². The Bertz CT molecular complexity index is 387. The summed E-state index contributed by atoms with van der Waals surface area (Å²) in [6.07, 6.45) is 9.36. The lowest BCUT2D eigenvalue weighted by molar-refractivity contribution is 0.166. The van der Waals surface area contributed by atoms with E-state index >= 15 is 0 Å². The topological polar surface area (TPSA) is 33.1 Å². The average molecular weight is 248 g/mol. The van der Waals surface area contributed by atoms with Crippen LogP contribution in [0.15, 0.2) is 12.5 Å². The van der Waals surface area contributed by atoms with Crippen LogP contribution in [0.25, 0.3) is 0 Å². The molecule has 1 aromatic heterocycles. The van der Waals surface area contributed by atoms with Crippen molar-refractivity contribution < 1.29 is 0 Å². The average Bonchev–Trinajstić information content (AvgIpc) is 3.04. The van der Waals surface area contributed by atoms with E-state index in [1.165, 1.54) is 44.5 Å². The molecule has 18 heavy (non-hydrogen) atoms. The van der Waals surface area contributed by atoms with Crippen LogP contribution in [0, 0.1) is 0 Å². The van der Waals surface area contributed by atoms with E-state index in [2.05, 4.69) is 26.7 Å². The molecule has 0 bridgehead atoms. The molecule has 2 unspecified atom stereocenters. The van der Waals surface area contributed by atoms with Crippen molar-refractivity contribution in [2.45, 2.75) is 57.8 Å². The molecule has 2 aliphatic rings. The summed E-state index contributed by atoms with van der Waals surface area (Å²) in [7, 11) is 0. The molecule has 2 atom stereocenters. The van der Waals surface area contributed by atoms with Gasteiger partial charge in [-0.15, -0.1) is 0 Å². The second-order valence-electron chi connectivity index (χ2n) is 5.61. The van der Waals surface area contributed by atoms with Crippen LogP contribution >= 0.6 is 0 Å². The van der Waals surface area contributed by atoms with E-state index in [4.69, 9.17) is 0 Å². The highest BCUT2D eigenvalue weighted by Gasteiger charge is 2.31. The fraction of sp³-hybridized carbons (Fsp3) is 0.786. The van der Waals surface area contributed by atoms with Crippen LogP contribution in [0.3, 0.4) is 0 Å². The number of imidazole rings is 1. The first-order valence-electron chi connectivity index (χ1n) is 7.33. The fourth-order valence-electron chi connectivity index (χ4n) is 3.44. The molecule has 3 rings (SSSR count). The zero-order chi connectivity index (χ0) is 12.4. The van der Waals surface area contributed by atoms with Crippen molar-refractivity contribution >= 4 is 0 Å². The number of hydrogen-bond acceptors (Lipinski definition) is 3. The van der Waals surface area contributed by atoms with Crippen molar-refractivity contribution in [3.8, 4) is 0 Å². The van der Waals surface area contributed by atoms with Crippen LogP contribution in [0.5, 0.6) is 0 Å². The number of fused-ring (bicyclic) bond motifs is 1. The van der Waals surface area contributed by atoms with Gasteiger partial charge in [0.2, 0.25) is 0 Å². The SMILES string of the molecule is CCn1cncc1CNC1CCN2CCCC2C1. The Kier molecular flexibility index (Phi) is 3.66. The predicted octanol–water partition coefficient (Wildman–Crippen LogP) is 1.62. The van der Waals surface area contributed by atoms with E-state index in [1.54, 1.807) is 0 Å². The number of rotatable bonds is 4. The van der Waals surface area contributed by atoms with Gasteiger partial charge in [-0.2, -0.15) is 0 Å². The largest absolute Gasteiger partial charge is 0.334 e. The molecule has 0 radical (unpaired) electrons. The Morgan fingerprint density at radius 2 is 2.33 bits per heavy atom. The minimum Gasteiger partial charge on any atom is -0.334 e. The van der Waals surface area contributed by atoms with Crippen LogP contribution in [-0.2, 0) is 13.1 Å². The highest BCUT2D eigenvalue weighted by molar-refractivity contribution is 4.99. The van der Waals surface area contributed by atoms with Gasteiger partial charge in [-0.1, -0.05) is 0 Å². The number of hydrogen-bond donors (Lipinski definition) is 1. The third kappa shape index (κ3) is 2.45. The third-order valence-electron chi connectivity index (χ3n) is 4.53. The van der Waals surface area contributed by atoms with Crippen LogP contribution in [0.2, 0.25) is 0 Å². The lowest BCUT2D eigenvalue weighted by Gasteiger charge is -2.35. The van der Waals surface area contributed by atoms with Gasteiger partial charge in [0, 0.05) is 31.4 Å². The minimum atomic E-state index is 0.699. The van der Waals surface area contributed by atoms with E-state index in [0.717, 1.165) is 19.1 Å². The van der Waals surface area contributed by atoms with Gasteiger partial charge in [0.1, 0.15) is 0 Å². The first-order chi connectivity index (χ1) is 8.86. The van der Waals surface area contributed by atoms with Gasteiger partial charge < -0.3 is 14.8 Å². The molecule has 4 nitrogen and oxygen atoms in total. The highest BCUT2D eigenvalue weighted by atomic mass is 15.2. The van der Waals surface area contributed by atoms with E-state index in [0.29, 0.717) is 6.04 Å². The molecule has 0 saturated carbocycles. The maximum atomic E-state index is 4.22. The lowest BCUT2D eigenvalue weighted by atomic mass is 9.97. The number of piperidine rings is 1. The molecule has 1 N–H and O–H groups in total. The van der Waals surface area contributed by atoms with Gasteiger partial charge in [0.25, 0.3) is 0 Å². The van der Waals surface area contributed by atoms with Crippen LogP contribution in [0.1, 0.15) is 38.3 Å². The van der Waals surface area contributed by atoms with Crippen molar-refractivity contribution in [3.05, 3.63) is 18.2 Å². The Labute approximate surface area is 109 Å². The summed E-state index contributed by atoms with van der Waals surface area (Å²) in [5.41, 5.74) is 1.31. The van der Waals surface area contributed by atoms with Crippen molar-refractivity contribution in [3.63, 3.8) is 0 Å². The van der Waals surface area contributed by atoms with Gasteiger partial charge in [-0.05, 0) is 45.7 Å². The summed E-state index contributed by atoms with van der Waals surface area (Å²) in [5.74, 6) is 0. The Hall–Kier alpha value is -0.870. The van der Waals surface area contributed by atoms with E-state index in [1.807, 2.05) is 12.5 Å². The number of nitrogens with one attached hydrogen (secondary N) is 1. The number of aromatic nitrogens is 2. The lowest BCUT2D eigenvalue weighted by Crippen LogP contribution is -2.45. The summed E-state index contributed by atoms with van der Waals surface area (Å²) < 4.78 is 2.22. The fourth-order valence-corrected chi connectivity index (χ4v) is 3.44. The van der Waals surface area contributed by atoms with Gasteiger partial charge >= 0.3 is 0 Å². The maximum absolute atomic E-state index is 4.22. The van der Waals surface area contributed by atoms with Gasteiger partial charge in [0.05, 0.1) is 12.0 Å². The molecular formula is C14H24N4. The number of aryl methyl sites for hydroxylation is 1. The minimum absolute atomic E-state index is 0.699. The molecule has 0 aliphatic carbocycles. The molecule has 4 heteroatoms. The molecule has 0 spiro atoms. The Morgan fingerprint density at radius 3 is 3.22 bits per heavy atom. The van der Waals surface area contributed by atoms with Crippen LogP contribution in [0.4, 0.5) is 0 Å². The quantitative estimate of drug-likeness (QED) is 0.879. The zero-order valence-corrected chi connectivity index (χ0v) is 11.3. The van der Waals surface area contributed by atoms with Crippen LogP contribution < -0.4 is 5.32 Å². The standard InChI is InChI=1S/C14H24N4/c1-2-17-11-15-9-14(17)10-16-12-5-7-18-6-3-4-13(18)8-12/h9,11-13,16H,2-8,10H2,1H3. The summed E-state index contributed by atoms with van der Waals surface area (Å²) in [6.45, 7) is 6.76. The normalized spacial score (nSPS) is 28.5. The smallest absolute Gasteiger partial charge is 0.0948 e. The Balaban J connectivity index is 1.51. The summed E-state index contributed by atoms with van der Waals surface area (Å²) >= 11 is 0. The van der Waals surface area contributed by atoms with Crippen molar-refractivity contribution in [2.24, 2.45) is 0 Å². The van der Waals surface area contributed by atoms with Crippen molar-refractivity contribution in [1.82, 2.24) is 19.8 Å². The molecule has 100 valence electrons. The number of nitrogens with zero attached hydrogens (tertiary/aromatic N) is 3. The second-order valence-corrected chi connectivity index (χ2v) is 5.61. The van der Waals surface area contributed by atoms with Crippen LogP contribution in [-0.4, -0.2) is 39.6 Å². The van der Waals surface area contributed by atoms with E-state index < -0.39 is 0 Å². The zero-order valence-electron chi connectivity index (χ0n) is 11.3. The molecule has 2 aliphatic heterocycles. The van der Waals surface area contributed by atoms with E-state index in [9.17, 15) is 0 Å². The maximum Gasteiger partial charge on any atom is 0.0948 e. The highest BCUT2D eigenvalue weighted by Crippen LogP contribution is 2.26. The molecule has 2 fully saturated rings. The predicted molar refractivity (Wildman–Crippen MR) is 72.4 cm³/mol. The molecule has 3 heterocycles. The Morgan fingerprint density at radius 1 is 1.39 bits per heavy atom. The van der Waals surface area contributed by atoms with Gasteiger partial charge in [0.15, 0.2) is 0 Å². The third-order valence-corrected chi connectivity index (χ3v) is 4.53. The van der Waals surface area contributed by atoms with E-state index in [-0.39, 0.29) is 0 Å². The van der Waals surface area contributed by atoms with Crippen molar-refractivity contribution in [1.29, 1.82) is 0 Å². The molecular weight excluding hydrogens is 224 g/mol. The monoisotopic (exact) mass is 248 g/mol. The van der Waals surface area contributed by atoms with Gasteiger partial charge in [-0.3, -0.25) is 0 Å². The molecule has 0 amide bonds. The first kappa shape index (κ1) is 12.2. The second kappa shape index (κ2) is 5.41. The molecule has 0 aromatic carbocycles.